The van der Waals surface area contributed by atoms with Gasteiger partial charge in [0, 0.05) is 29.2 Å². The molecule has 5 rings (SSSR count). The first kappa shape index (κ1) is 16.3. The molecule has 0 saturated heterocycles. The summed E-state index contributed by atoms with van der Waals surface area (Å²) in [6.07, 6.45) is 4.23. The highest BCUT2D eigenvalue weighted by Gasteiger charge is 2.13. The van der Waals surface area contributed by atoms with Crippen molar-refractivity contribution in [2.45, 2.75) is 0 Å². The third-order valence-corrected chi connectivity index (χ3v) is 4.93. The fourth-order valence-corrected chi connectivity index (χ4v) is 3.55. The number of anilines is 1. The van der Waals surface area contributed by atoms with Crippen molar-refractivity contribution in [3.8, 4) is 33.5 Å². The van der Waals surface area contributed by atoms with E-state index in [-0.39, 0.29) is 0 Å². The number of nitrogen functional groups attached to an aromatic ring is 1. The second kappa shape index (κ2) is 6.71. The van der Waals surface area contributed by atoms with E-state index in [0.29, 0.717) is 0 Å². The van der Waals surface area contributed by atoms with Crippen LogP contribution in [-0.2, 0) is 0 Å². The minimum absolute atomic E-state index is 0.746. The zero-order valence-corrected chi connectivity index (χ0v) is 15.3. The van der Waals surface area contributed by atoms with Crippen LogP contribution < -0.4 is 5.73 Å². The SMILES string of the molecule is Nc1cccc(-c2cc(-c3ccccc3)cn3cc(-c4ccccc4)nc23)c1. The second-order valence-electron chi connectivity index (χ2n) is 6.86. The minimum atomic E-state index is 0.746. The molecule has 0 aliphatic carbocycles. The predicted octanol–water partition coefficient (Wildman–Crippen LogP) is 5.92. The lowest BCUT2D eigenvalue weighted by molar-refractivity contribution is 1.19. The molecule has 0 atom stereocenters. The van der Waals surface area contributed by atoms with Crippen LogP contribution in [0.25, 0.3) is 39.2 Å². The first-order chi connectivity index (χ1) is 13.8. The molecule has 0 amide bonds. The molecule has 0 radical (unpaired) electrons. The second-order valence-corrected chi connectivity index (χ2v) is 6.86. The Bertz CT molecular complexity index is 1260. The highest BCUT2D eigenvalue weighted by molar-refractivity contribution is 5.85. The predicted molar refractivity (Wildman–Crippen MR) is 116 cm³/mol. The van der Waals surface area contributed by atoms with Crippen molar-refractivity contribution >= 4 is 11.3 Å². The molecule has 0 fully saturated rings. The zero-order valence-electron chi connectivity index (χ0n) is 15.3. The van der Waals surface area contributed by atoms with Gasteiger partial charge in [0.25, 0.3) is 0 Å². The molecular weight excluding hydrogens is 342 g/mol. The average molecular weight is 361 g/mol. The van der Waals surface area contributed by atoms with Gasteiger partial charge < -0.3 is 10.1 Å². The van der Waals surface area contributed by atoms with E-state index in [0.717, 1.165) is 39.3 Å². The van der Waals surface area contributed by atoms with E-state index in [1.165, 1.54) is 5.56 Å². The third-order valence-electron chi connectivity index (χ3n) is 4.93. The van der Waals surface area contributed by atoms with E-state index < -0.39 is 0 Å². The normalized spacial score (nSPS) is 11.0. The van der Waals surface area contributed by atoms with Gasteiger partial charge in [-0.15, -0.1) is 0 Å². The van der Waals surface area contributed by atoms with Gasteiger partial charge in [-0.3, -0.25) is 0 Å². The topological polar surface area (TPSA) is 43.3 Å². The first-order valence-corrected chi connectivity index (χ1v) is 9.27. The van der Waals surface area contributed by atoms with E-state index in [9.17, 15) is 0 Å². The van der Waals surface area contributed by atoms with E-state index in [4.69, 9.17) is 10.7 Å². The van der Waals surface area contributed by atoms with Crippen molar-refractivity contribution in [1.29, 1.82) is 0 Å². The summed E-state index contributed by atoms with van der Waals surface area (Å²) in [4.78, 5) is 4.95. The van der Waals surface area contributed by atoms with Crippen LogP contribution in [0, 0.1) is 0 Å². The average Bonchev–Trinajstić information content (AvgIpc) is 3.18. The number of hydrogen-bond acceptors (Lipinski definition) is 2. The fourth-order valence-electron chi connectivity index (χ4n) is 3.55. The van der Waals surface area contributed by atoms with Gasteiger partial charge in [0.2, 0.25) is 0 Å². The van der Waals surface area contributed by atoms with Crippen molar-refractivity contribution in [1.82, 2.24) is 9.38 Å². The molecule has 3 aromatic carbocycles. The van der Waals surface area contributed by atoms with Crippen molar-refractivity contribution in [2.24, 2.45) is 0 Å². The van der Waals surface area contributed by atoms with Crippen molar-refractivity contribution < 1.29 is 0 Å². The zero-order chi connectivity index (χ0) is 18.9. The van der Waals surface area contributed by atoms with Crippen LogP contribution in [0.4, 0.5) is 5.69 Å². The molecular formula is C25H19N3. The largest absolute Gasteiger partial charge is 0.399 e. The summed E-state index contributed by atoms with van der Waals surface area (Å²) in [5.41, 5.74) is 14.2. The summed E-state index contributed by atoms with van der Waals surface area (Å²) < 4.78 is 2.11. The maximum absolute atomic E-state index is 6.06. The van der Waals surface area contributed by atoms with Crippen molar-refractivity contribution in [3.05, 3.63) is 103 Å². The summed E-state index contributed by atoms with van der Waals surface area (Å²) in [7, 11) is 0. The van der Waals surface area contributed by atoms with Gasteiger partial charge in [-0.05, 0) is 34.9 Å². The van der Waals surface area contributed by atoms with Crippen LogP contribution in [0.15, 0.2) is 103 Å². The molecule has 134 valence electrons. The quantitative estimate of drug-likeness (QED) is 0.406. The first-order valence-electron chi connectivity index (χ1n) is 9.27. The molecule has 0 aliphatic heterocycles. The highest BCUT2D eigenvalue weighted by Crippen LogP contribution is 2.32. The molecule has 0 aliphatic rings. The van der Waals surface area contributed by atoms with Crippen LogP contribution in [-0.4, -0.2) is 9.38 Å². The van der Waals surface area contributed by atoms with Crippen LogP contribution in [0.5, 0.6) is 0 Å². The molecule has 3 nitrogen and oxygen atoms in total. The maximum atomic E-state index is 6.06. The Morgan fingerprint density at radius 1 is 0.607 bits per heavy atom. The number of hydrogen-bond donors (Lipinski definition) is 1. The van der Waals surface area contributed by atoms with E-state index in [1.54, 1.807) is 0 Å². The van der Waals surface area contributed by atoms with Crippen LogP contribution in [0.3, 0.4) is 0 Å². The van der Waals surface area contributed by atoms with E-state index >= 15 is 0 Å². The number of pyridine rings is 1. The number of rotatable bonds is 3. The summed E-state index contributed by atoms with van der Waals surface area (Å²) in [6.45, 7) is 0. The fraction of sp³-hybridized carbons (Fsp3) is 0. The third kappa shape index (κ3) is 2.93. The Morgan fingerprint density at radius 3 is 2.00 bits per heavy atom. The van der Waals surface area contributed by atoms with Crippen molar-refractivity contribution in [2.75, 3.05) is 5.73 Å². The molecule has 0 bridgehead atoms. The maximum Gasteiger partial charge on any atom is 0.145 e. The molecule has 5 aromatic rings. The number of nitrogens with zero attached hydrogens (tertiary/aromatic N) is 2. The van der Waals surface area contributed by atoms with Gasteiger partial charge in [0.1, 0.15) is 5.65 Å². The Labute approximate surface area is 163 Å². The lowest BCUT2D eigenvalue weighted by Gasteiger charge is -2.09. The molecule has 28 heavy (non-hydrogen) atoms. The molecule has 0 unspecified atom stereocenters. The molecule has 2 aromatic heterocycles. The Kier molecular flexibility index (Phi) is 3.91. The smallest absolute Gasteiger partial charge is 0.145 e. The Balaban J connectivity index is 1.78. The monoisotopic (exact) mass is 361 g/mol. The molecule has 0 spiro atoms. The number of benzene rings is 3. The Hall–Kier alpha value is -3.85. The number of imidazole rings is 1. The Morgan fingerprint density at radius 2 is 1.29 bits per heavy atom. The van der Waals surface area contributed by atoms with Crippen molar-refractivity contribution in [3.63, 3.8) is 0 Å². The molecule has 0 saturated carbocycles. The van der Waals surface area contributed by atoms with Crippen LogP contribution in [0.2, 0.25) is 0 Å². The minimum Gasteiger partial charge on any atom is -0.399 e. The van der Waals surface area contributed by atoms with E-state index in [2.05, 4.69) is 65.3 Å². The van der Waals surface area contributed by atoms with Gasteiger partial charge >= 0.3 is 0 Å². The van der Waals surface area contributed by atoms with Crippen LogP contribution >= 0.6 is 0 Å². The van der Waals surface area contributed by atoms with Gasteiger partial charge in [0.05, 0.1) is 5.69 Å². The highest BCUT2D eigenvalue weighted by atomic mass is 15.0. The molecule has 3 heteroatoms. The molecule has 2 N–H and O–H groups in total. The number of fused-ring (bicyclic) bond motifs is 1. The lowest BCUT2D eigenvalue weighted by Crippen LogP contribution is -1.92. The van der Waals surface area contributed by atoms with Crippen LogP contribution in [0.1, 0.15) is 0 Å². The summed E-state index contributed by atoms with van der Waals surface area (Å²) in [5.74, 6) is 0. The molecule has 2 heterocycles. The van der Waals surface area contributed by atoms with Gasteiger partial charge in [-0.25, -0.2) is 4.98 Å². The number of aromatic nitrogens is 2. The van der Waals surface area contributed by atoms with Gasteiger partial charge in [-0.1, -0.05) is 72.8 Å². The summed E-state index contributed by atoms with van der Waals surface area (Å²) in [5, 5.41) is 0. The van der Waals surface area contributed by atoms with E-state index in [1.807, 2.05) is 42.5 Å². The lowest BCUT2D eigenvalue weighted by atomic mass is 10.0. The summed E-state index contributed by atoms with van der Waals surface area (Å²) >= 11 is 0. The van der Waals surface area contributed by atoms with Gasteiger partial charge in [-0.2, -0.15) is 0 Å². The van der Waals surface area contributed by atoms with Gasteiger partial charge in [0.15, 0.2) is 0 Å². The number of nitrogens with two attached hydrogens (primary N) is 1. The standard InChI is InChI=1S/C25H19N3/c26-22-13-7-12-20(14-22)23-15-21(18-8-3-1-4-9-18)16-28-17-24(27-25(23)28)19-10-5-2-6-11-19/h1-17H,26H2. The summed E-state index contributed by atoms with van der Waals surface area (Å²) in [6, 6.07) is 30.8.